The zero-order chi connectivity index (χ0) is 17.1. The molecule has 1 fully saturated rings. The van der Waals surface area contributed by atoms with E-state index in [9.17, 15) is 0 Å². The van der Waals surface area contributed by atoms with E-state index in [0.717, 1.165) is 48.3 Å². The highest BCUT2D eigenvalue weighted by molar-refractivity contribution is 6.30. The lowest BCUT2D eigenvalue weighted by Gasteiger charge is -2.36. The molecule has 1 aromatic heterocycles. The number of aromatic nitrogens is 2. The van der Waals surface area contributed by atoms with Crippen LogP contribution in [-0.2, 0) is 0 Å². The van der Waals surface area contributed by atoms with E-state index in [2.05, 4.69) is 33.0 Å². The average molecular weight is 351 g/mol. The van der Waals surface area contributed by atoms with Gasteiger partial charge >= 0.3 is 0 Å². The first-order valence-corrected chi connectivity index (χ1v) is 8.80. The highest BCUT2D eigenvalue weighted by Crippen LogP contribution is 2.23. The number of piperazine rings is 1. The Morgan fingerprint density at radius 1 is 0.800 bits per heavy atom. The highest BCUT2D eigenvalue weighted by atomic mass is 35.5. The van der Waals surface area contributed by atoms with Gasteiger partial charge in [0.1, 0.15) is 5.82 Å². The van der Waals surface area contributed by atoms with Gasteiger partial charge in [-0.2, -0.15) is 0 Å². The Morgan fingerprint density at radius 2 is 1.56 bits per heavy atom. The van der Waals surface area contributed by atoms with Crippen molar-refractivity contribution in [2.75, 3.05) is 36.0 Å². The van der Waals surface area contributed by atoms with Crippen LogP contribution >= 0.6 is 11.6 Å². The van der Waals surface area contributed by atoms with Gasteiger partial charge < -0.3 is 9.80 Å². The predicted molar refractivity (Wildman–Crippen MR) is 103 cm³/mol. The molecule has 2 aromatic carbocycles. The fraction of sp³-hybridized carbons (Fsp3) is 0.200. The van der Waals surface area contributed by atoms with Crippen LogP contribution in [0.25, 0.3) is 11.3 Å². The first kappa shape index (κ1) is 15.9. The number of hydrogen-bond donors (Lipinski definition) is 0. The quantitative estimate of drug-likeness (QED) is 0.711. The van der Waals surface area contributed by atoms with Crippen LogP contribution in [0.2, 0.25) is 5.02 Å². The van der Waals surface area contributed by atoms with Crippen molar-refractivity contribution in [1.82, 2.24) is 9.97 Å². The summed E-state index contributed by atoms with van der Waals surface area (Å²) in [5.74, 6) is 0.937. The number of benzene rings is 2. The van der Waals surface area contributed by atoms with Crippen molar-refractivity contribution in [2.24, 2.45) is 0 Å². The van der Waals surface area contributed by atoms with Crippen LogP contribution in [0.1, 0.15) is 0 Å². The van der Waals surface area contributed by atoms with Crippen LogP contribution in [0, 0.1) is 0 Å². The molecule has 5 heteroatoms. The fourth-order valence-electron chi connectivity index (χ4n) is 3.12. The molecular formula is C20H19ClN4. The Bertz CT molecular complexity index is 845. The predicted octanol–water partition coefficient (Wildman–Crippen LogP) is 4.12. The molecule has 4 rings (SSSR count). The molecule has 0 bridgehead atoms. The summed E-state index contributed by atoms with van der Waals surface area (Å²) >= 11 is 6.11. The molecule has 126 valence electrons. The Labute approximate surface area is 152 Å². The van der Waals surface area contributed by atoms with E-state index < -0.39 is 0 Å². The second-order valence-electron chi connectivity index (χ2n) is 6.08. The maximum Gasteiger partial charge on any atom is 0.147 e. The van der Waals surface area contributed by atoms with Crippen molar-refractivity contribution in [3.8, 4) is 11.3 Å². The lowest BCUT2D eigenvalue weighted by Crippen LogP contribution is -2.46. The Balaban J connectivity index is 1.48. The van der Waals surface area contributed by atoms with Gasteiger partial charge in [0.05, 0.1) is 18.1 Å². The Kier molecular flexibility index (Phi) is 4.53. The lowest BCUT2D eigenvalue weighted by molar-refractivity contribution is 0.646. The number of nitrogens with zero attached hydrogens (tertiary/aromatic N) is 4. The summed E-state index contributed by atoms with van der Waals surface area (Å²) in [6.45, 7) is 3.72. The van der Waals surface area contributed by atoms with E-state index in [-0.39, 0.29) is 0 Å². The van der Waals surface area contributed by atoms with Gasteiger partial charge in [-0.05, 0) is 18.2 Å². The third-order valence-electron chi connectivity index (χ3n) is 4.47. The van der Waals surface area contributed by atoms with E-state index in [1.54, 1.807) is 0 Å². The molecule has 1 saturated heterocycles. The minimum absolute atomic E-state index is 0.779. The molecule has 0 N–H and O–H groups in total. The van der Waals surface area contributed by atoms with Crippen LogP contribution in [-0.4, -0.2) is 36.1 Å². The maximum atomic E-state index is 6.11. The maximum absolute atomic E-state index is 6.11. The van der Waals surface area contributed by atoms with Gasteiger partial charge in [-0.15, -0.1) is 0 Å². The molecule has 2 heterocycles. The minimum Gasteiger partial charge on any atom is -0.368 e. The average Bonchev–Trinajstić information content (AvgIpc) is 2.69. The van der Waals surface area contributed by atoms with Crippen molar-refractivity contribution >= 4 is 23.1 Å². The van der Waals surface area contributed by atoms with Gasteiger partial charge in [0.25, 0.3) is 0 Å². The summed E-state index contributed by atoms with van der Waals surface area (Å²) in [4.78, 5) is 13.8. The topological polar surface area (TPSA) is 32.3 Å². The summed E-state index contributed by atoms with van der Waals surface area (Å²) in [6.07, 6.45) is 3.67. The highest BCUT2D eigenvalue weighted by Gasteiger charge is 2.19. The van der Waals surface area contributed by atoms with Crippen LogP contribution in [0.15, 0.2) is 67.0 Å². The monoisotopic (exact) mass is 350 g/mol. The third kappa shape index (κ3) is 3.59. The zero-order valence-corrected chi connectivity index (χ0v) is 14.6. The molecule has 0 amide bonds. The van der Waals surface area contributed by atoms with Crippen molar-refractivity contribution in [3.05, 3.63) is 72.0 Å². The molecule has 0 atom stereocenters. The van der Waals surface area contributed by atoms with Gasteiger partial charge in [0.2, 0.25) is 0 Å². The zero-order valence-electron chi connectivity index (χ0n) is 13.8. The van der Waals surface area contributed by atoms with Crippen molar-refractivity contribution in [2.45, 2.75) is 0 Å². The van der Waals surface area contributed by atoms with E-state index in [1.165, 1.54) is 5.69 Å². The fourth-order valence-corrected chi connectivity index (χ4v) is 3.31. The summed E-state index contributed by atoms with van der Waals surface area (Å²) in [5, 5.41) is 0.779. The summed E-state index contributed by atoms with van der Waals surface area (Å²) in [7, 11) is 0. The molecule has 0 radical (unpaired) electrons. The summed E-state index contributed by atoms with van der Waals surface area (Å²) in [5.41, 5.74) is 3.18. The second kappa shape index (κ2) is 7.11. The van der Waals surface area contributed by atoms with E-state index in [4.69, 9.17) is 16.6 Å². The van der Waals surface area contributed by atoms with Gasteiger partial charge in [0.15, 0.2) is 0 Å². The number of anilines is 2. The molecule has 25 heavy (non-hydrogen) atoms. The van der Waals surface area contributed by atoms with Gasteiger partial charge in [-0.1, -0.05) is 48.0 Å². The molecule has 1 aliphatic heterocycles. The Morgan fingerprint density at radius 3 is 2.32 bits per heavy atom. The summed E-state index contributed by atoms with van der Waals surface area (Å²) < 4.78 is 0. The van der Waals surface area contributed by atoms with Crippen LogP contribution in [0.5, 0.6) is 0 Å². The van der Waals surface area contributed by atoms with Gasteiger partial charge in [0, 0.05) is 42.5 Å². The molecule has 4 nitrogen and oxygen atoms in total. The van der Waals surface area contributed by atoms with E-state index in [0.29, 0.717) is 0 Å². The van der Waals surface area contributed by atoms with Crippen molar-refractivity contribution < 1.29 is 0 Å². The molecule has 0 spiro atoms. The molecule has 3 aromatic rings. The third-order valence-corrected chi connectivity index (χ3v) is 4.70. The Hall–Kier alpha value is -2.59. The van der Waals surface area contributed by atoms with Crippen LogP contribution in [0.4, 0.5) is 11.5 Å². The largest absolute Gasteiger partial charge is 0.368 e. The van der Waals surface area contributed by atoms with Crippen LogP contribution < -0.4 is 9.80 Å². The van der Waals surface area contributed by atoms with E-state index >= 15 is 0 Å². The first-order valence-electron chi connectivity index (χ1n) is 8.42. The van der Waals surface area contributed by atoms with Gasteiger partial charge in [-0.25, -0.2) is 4.98 Å². The van der Waals surface area contributed by atoms with Crippen LogP contribution in [0.3, 0.4) is 0 Å². The molecular weight excluding hydrogens is 332 g/mol. The number of halogens is 1. The normalized spacial score (nSPS) is 14.6. The number of rotatable bonds is 3. The smallest absolute Gasteiger partial charge is 0.147 e. The minimum atomic E-state index is 0.779. The molecule has 1 aliphatic rings. The van der Waals surface area contributed by atoms with E-state index in [1.807, 2.05) is 48.8 Å². The van der Waals surface area contributed by atoms with Crippen molar-refractivity contribution in [3.63, 3.8) is 0 Å². The SMILES string of the molecule is Clc1cccc(N2CCN(c3cncc(-c4ccccc4)n3)CC2)c1. The van der Waals surface area contributed by atoms with Crippen molar-refractivity contribution in [1.29, 1.82) is 0 Å². The first-order chi connectivity index (χ1) is 12.3. The molecule has 0 saturated carbocycles. The lowest BCUT2D eigenvalue weighted by atomic mass is 10.2. The van der Waals surface area contributed by atoms with Gasteiger partial charge in [-0.3, -0.25) is 4.98 Å². The second-order valence-corrected chi connectivity index (χ2v) is 6.52. The molecule has 0 unspecified atom stereocenters. The summed E-state index contributed by atoms with van der Waals surface area (Å²) in [6, 6.07) is 18.2. The standard InChI is InChI=1S/C20H19ClN4/c21-17-7-4-8-18(13-17)24-9-11-25(12-10-24)20-15-22-14-19(23-20)16-5-2-1-3-6-16/h1-8,13-15H,9-12H2. The molecule has 0 aliphatic carbocycles. The number of hydrogen-bond acceptors (Lipinski definition) is 4.